The third-order valence-corrected chi connectivity index (χ3v) is 3.44. The number of rotatable bonds is 5. The molecule has 0 aliphatic carbocycles. The average Bonchev–Trinajstić information content (AvgIpc) is 2.75. The predicted octanol–water partition coefficient (Wildman–Crippen LogP) is 1.85. The third kappa shape index (κ3) is 3.66. The van der Waals surface area contributed by atoms with Crippen LogP contribution in [0.2, 0.25) is 0 Å². The molecule has 0 unspecified atom stereocenters. The summed E-state index contributed by atoms with van der Waals surface area (Å²) in [6.07, 6.45) is 1.18. The Morgan fingerprint density at radius 2 is 2.28 bits per heavy atom. The minimum atomic E-state index is -0.285. The van der Waals surface area contributed by atoms with Crippen LogP contribution in [-0.2, 0) is 9.59 Å². The van der Waals surface area contributed by atoms with E-state index >= 15 is 0 Å². The fourth-order valence-corrected chi connectivity index (χ4v) is 2.14. The molecule has 1 rings (SSSR count). The molecule has 0 aliphatic rings. The molecule has 1 aromatic heterocycles. The monoisotopic (exact) mass is 267 g/mol. The Bertz CT molecular complexity index is 454. The van der Waals surface area contributed by atoms with Crippen LogP contribution in [0, 0.1) is 0 Å². The average molecular weight is 267 g/mol. The van der Waals surface area contributed by atoms with Crippen LogP contribution >= 0.6 is 11.3 Å². The minimum absolute atomic E-state index is 0.0140. The highest BCUT2D eigenvalue weighted by Crippen LogP contribution is 2.26. The molecule has 2 amide bonds. The predicted molar refractivity (Wildman–Crippen MR) is 72.7 cm³/mol. The van der Waals surface area contributed by atoms with Crippen LogP contribution in [0.4, 0.5) is 5.82 Å². The Labute approximate surface area is 111 Å². The summed E-state index contributed by atoms with van der Waals surface area (Å²) in [4.78, 5) is 29.4. The zero-order valence-electron chi connectivity index (χ0n) is 10.8. The molecule has 0 atom stereocenters. The van der Waals surface area contributed by atoms with E-state index in [4.69, 9.17) is 0 Å². The number of hydrogen-bond acceptors (Lipinski definition) is 4. The van der Waals surface area contributed by atoms with Gasteiger partial charge < -0.3 is 10.2 Å². The fraction of sp³-hybridized carbons (Fsp3) is 0.417. The summed E-state index contributed by atoms with van der Waals surface area (Å²) in [5.41, 5.74) is 1.70. The van der Waals surface area contributed by atoms with Crippen molar-refractivity contribution in [2.75, 3.05) is 18.9 Å². The molecule has 0 saturated heterocycles. The number of hydrogen-bond donors (Lipinski definition) is 1. The van der Waals surface area contributed by atoms with Gasteiger partial charge in [0, 0.05) is 7.05 Å². The zero-order chi connectivity index (χ0) is 13.7. The van der Waals surface area contributed by atoms with Crippen molar-refractivity contribution in [3.8, 4) is 0 Å². The van der Waals surface area contributed by atoms with E-state index in [1.807, 2.05) is 13.8 Å². The number of nitrogens with zero attached hydrogens (tertiary/aromatic N) is 2. The SMILES string of the molecule is C=CC(=O)N(C)CC(=O)Nc1ncsc1C(C)C. The second kappa shape index (κ2) is 6.30. The van der Waals surface area contributed by atoms with Gasteiger partial charge in [0.05, 0.1) is 16.9 Å². The Morgan fingerprint density at radius 1 is 1.61 bits per heavy atom. The van der Waals surface area contributed by atoms with E-state index in [0.29, 0.717) is 11.7 Å². The Kier molecular flexibility index (Phi) is 5.03. The number of carbonyl (C=O) groups excluding carboxylic acids is 2. The molecule has 6 heteroatoms. The number of thiazole rings is 1. The summed E-state index contributed by atoms with van der Waals surface area (Å²) in [5, 5.41) is 2.71. The number of nitrogens with one attached hydrogen (secondary N) is 1. The van der Waals surface area contributed by atoms with E-state index in [-0.39, 0.29) is 18.4 Å². The molecule has 0 fully saturated rings. The third-order valence-electron chi connectivity index (χ3n) is 2.31. The van der Waals surface area contributed by atoms with Gasteiger partial charge in [-0.3, -0.25) is 9.59 Å². The van der Waals surface area contributed by atoms with Gasteiger partial charge in [-0.1, -0.05) is 20.4 Å². The van der Waals surface area contributed by atoms with Crippen LogP contribution in [0.25, 0.3) is 0 Å². The van der Waals surface area contributed by atoms with E-state index < -0.39 is 0 Å². The van der Waals surface area contributed by atoms with E-state index in [2.05, 4.69) is 16.9 Å². The van der Waals surface area contributed by atoms with Crippen molar-refractivity contribution in [3.63, 3.8) is 0 Å². The summed E-state index contributed by atoms with van der Waals surface area (Å²) in [6.45, 7) is 7.43. The molecule has 18 heavy (non-hydrogen) atoms. The number of aromatic nitrogens is 1. The van der Waals surface area contributed by atoms with Crippen LogP contribution < -0.4 is 5.32 Å². The lowest BCUT2D eigenvalue weighted by Gasteiger charge is -2.14. The second-order valence-corrected chi connectivity index (χ2v) is 5.05. The van der Waals surface area contributed by atoms with Crippen LogP contribution in [0.3, 0.4) is 0 Å². The first-order valence-corrected chi connectivity index (χ1v) is 6.44. The molecule has 0 radical (unpaired) electrons. The molecule has 0 aliphatic heterocycles. The van der Waals surface area contributed by atoms with E-state index in [1.165, 1.54) is 22.3 Å². The molecular formula is C12H17N3O2S. The molecule has 0 spiro atoms. The van der Waals surface area contributed by atoms with Gasteiger partial charge in [0.15, 0.2) is 0 Å². The number of likely N-dealkylation sites (N-methyl/N-ethyl adjacent to an activating group) is 1. The van der Waals surface area contributed by atoms with Gasteiger partial charge in [-0.15, -0.1) is 11.3 Å². The van der Waals surface area contributed by atoms with Crippen LogP contribution in [-0.4, -0.2) is 35.3 Å². The summed E-state index contributed by atoms with van der Waals surface area (Å²) < 4.78 is 0. The van der Waals surface area contributed by atoms with Crippen molar-refractivity contribution in [1.29, 1.82) is 0 Å². The quantitative estimate of drug-likeness (QED) is 0.828. The van der Waals surface area contributed by atoms with E-state index in [0.717, 1.165) is 4.88 Å². The first-order chi connectivity index (χ1) is 8.45. The molecule has 0 aromatic carbocycles. The van der Waals surface area contributed by atoms with E-state index in [1.54, 1.807) is 12.6 Å². The molecule has 1 N–H and O–H groups in total. The van der Waals surface area contributed by atoms with E-state index in [9.17, 15) is 9.59 Å². The first kappa shape index (κ1) is 14.4. The summed E-state index contributed by atoms with van der Waals surface area (Å²) in [5.74, 6) is 0.341. The lowest BCUT2D eigenvalue weighted by atomic mass is 10.2. The van der Waals surface area contributed by atoms with Gasteiger partial charge in [-0.05, 0) is 12.0 Å². The van der Waals surface area contributed by atoms with Crippen molar-refractivity contribution in [3.05, 3.63) is 23.0 Å². The van der Waals surface area contributed by atoms with Crippen LogP contribution in [0.1, 0.15) is 24.6 Å². The zero-order valence-corrected chi connectivity index (χ0v) is 11.6. The molecule has 0 bridgehead atoms. The van der Waals surface area contributed by atoms with Crippen molar-refractivity contribution >= 4 is 29.0 Å². The normalized spacial score (nSPS) is 10.2. The molecule has 1 heterocycles. The maximum Gasteiger partial charge on any atom is 0.246 e. The molecule has 1 aromatic rings. The van der Waals surface area contributed by atoms with Crippen LogP contribution in [0.15, 0.2) is 18.2 Å². The Hall–Kier alpha value is -1.69. The lowest BCUT2D eigenvalue weighted by Crippen LogP contribution is -2.34. The number of amides is 2. The smallest absolute Gasteiger partial charge is 0.246 e. The standard InChI is InChI=1S/C12H17N3O2S/c1-5-10(17)15(4)6-9(16)14-12-11(8(2)3)18-7-13-12/h5,7-8H,1,6H2,2-4H3,(H,14,16). The Balaban J connectivity index is 2.62. The van der Waals surface area contributed by atoms with Gasteiger partial charge in [0.2, 0.25) is 11.8 Å². The van der Waals surface area contributed by atoms with Gasteiger partial charge >= 0.3 is 0 Å². The summed E-state index contributed by atoms with van der Waals surface area (Å²) in [7, 11) is 1.55. The first-order valence-electron chi connectivity index (χ1n) is 5.56. The fourth-order valence-electron chi connectivity index (χ4n) is 1.38. The van der Waals surface area contributed by atoms with Gasteiger partial charge in [-0.2, -0.15) is 0 Å². The minimum Gasteiger partial charge on any atom is -0.333 e. The van der Waals surface area contributed by atoms with Crippen LogP contribution in [0.5, 0.6) is 0 Å². The molecule has 98 valence electrons. The topological polar surface area (TPSA) is 62.3 Å². The number of anilines is 1. The second-order valence-electron chi connectivity index (χ2n) is 4.17. The molecule has 5 nitrogen and oxygen atoms in total. The summed E-state index contributed by atoms with van der Waals surface area (Å²) in [6, 6.07) is 0. The molecule has 0 saturated carbocycles. The lowest BCUT2D eigenvalue weighted by molar-refractivity contribution is -0.129. The number of carbonyl (C=O) groups is 2. The highest BCUT2D eigenvalue weighted by Gasteiger charge is 2.15. The molecular weight excluding hydrogens is 250 g/mol. The van der Waals surface area contributed by atoms with Crippen molar-refractivity contribution in [2.24, 2.45) is 0 Å². The van der Waals surface area contributed by atoms with Gasteiger partial charge in [0.25, 0.3) is 0 Å². The van der Waals surface area contributed by atoms with Gasteiger partial charge in [0.1, 0.15) is 5.82 Å². The van der Waals surface area contributed by atoms with Crippen molar-refractivity contribution in [1.82, 2.24) is 9.88 Å². The Morgan fingerprint density at radius 3 is 2.83 bits per heavy atom. The van der Waals surface area contributed by atoms with Gasteiger partial charge in [-0.25, -0.2) is 4.98 Å². The highest BCUT2D eigenvalue weighted by molar-refractivity contribution is 7.10. The summed E-state index contributed by atoms with van der Waals surface area (Å²) >= 11 is 1.51. The maximum absolute atomic E-state index is 11.7. The highest BCUT2D eigenvalue weighted by atomic mass is 32.1. The van der Waals surface area contributed by atoms with Crippen molar-refractivity contribution in [2.45, 2.75) is 19.8 Å². The maximum atomic E-state index is 11.7. The van der Waals surface area contributed by atoms with Crippen molar-refractivity contribution < 1.29 is 9.59 Å². The largest absolute Gasteiger partial charge is 0.333 e.